The number of benzene rings is 6. The highest BCUT2D eigenvalue weighted by atomic mass is 32.2. The number of hydrogen-bond donors (Lipinski definition) is 0. The fraction of sp³-hybridized carbons (Fsp3) is 0.154. The maximum atomic E-state index is 3.74. The lowest BCUT2D eigenvalue weighted by molar-refractivity contribution is 1.32. The summed E-state index contributed by atoms with van der Waals surface area (Å²) in [5, 5.41) is 0. The maximum absolute atomic E-state index is 3.74. The van der Waals surface area contributed by atoms with Crippen LogP contribution in [0.1, 0.15) is 66.8 Å². The normalized spacial score (nSPS) is 12.5. The van der Waals surface area contributed by atoms with E-state index in [4.69, 9.17) is 0 Å². The molecule has 0 amide bonds. The molecule has 0 aliphatic heterocycles. The molecule has 8 rings (SSSR count). The highest BCUT2D eigenvalue weighted by Gasteiger charge is 2.36. The lowest BCUT2D eigenvalue weighted by atomic mass is 9.89. The minimum Gasteiger partial charge on any atom is -0.130 e. The monoisotopic (exact) mass is 730 g/mol. The van der Waals surface area contributed by atoms with E-state index in [1.54, 1.807) is 23.5 Å². The van der Waals surface area contributed by atoms with Gasteiger partial charge in [0.05, 0.1) is 0 Å². The molecule has 6 aromatic rings. The Morgan fingerprint density at radius 2 is 0.722 bits per heavy atom. The molecule has 0 bridgehead atoms. The van der Waals surface area contributed by atoms with Gasteiger partial charge in [-0.05, 0) is 181 Å². The molecule has 2 heteroatoms. The maximum Gasteiger partial charge on any atom is 0.0413 e. The van der Waals surface area contributed by atoms with Gasteiger partial charge in [0.2, 0.25) is 0 Å². The third-order valence-electron chi connectivity index (χ3n) is 10.6. The fourth-order valence-electron chi connectivity index (χ4n) is 8.46. The van der Waals surface area contributed by atoms with Crippen LogP contribution in [0.25, 0.3) is 44.5 Å². The average molecular weight is 731 g/mol. The van der Waals surface area contributed by atoms with E-state index in [9.17, 15) is 0 Å². The Bertz CT molecular complexity index is 2470. The van der Waals surface area contributed by atoms with Crippen LogP contribution in [-0.2, 0) is 0 Å². The molecule has 0 spiro atoms. The molecular weight excluding hydrogens is 689 g/mol. The minimum absolute atomic E-state index is 1.01. The largest absolute Gasteiger partial charge is 0.130 e. The van der Waals surface area contributed by atoms with Crippen LogP contribution in [0.3, 0.4) is 0 Å². The van der Waals surface area contributed by atoms with Crippen molar-refractivity contribution in [1.82, 2.24) is 0 Å². The van der Waals surface area contributed by atoms with Gasteiger partial charge in [0.25, 0.3) is 0 Å². The van der Waals surface area contributed by atoms with Gasteiger partial charge in [-0.3, -0.25) is 0 Å². The minimum atomic E-state index is 1.01. The average Bonchev–Trinajstić information content (AvgIpc) is 3.64. The summed E-state index contributed by atoms with van der Waals surface area (Å²) in [6.07, 6.45) is 4.21. The van der Waals surface area contributed by atoms with Gasteiger partial charge < -0.3 is 0 Å². The van der Waals surface area contributed by atoms with Crippen molar-refractivity contribution in [2.75, 3.05) is 12.5 Å². The number of hydrogen-bond acceptors (Lipinski definition) is 2. The molecule has 262 valence electrons. The molecule has 0 radical (unpaired) electrons. The summed E-state index contributed by atoms with van der Waals surface area (Å²) in [6, 6.07) is 40.3. The third-order valence-corrected chi connectivity index (χ3v) is 12.1. The molecule has 0 nitrogen and oxygen atoms in total. The van der Waals surface area contributed by atoms with E-state index in [0.717, 1.165) is 22.3 Å². The van der Waals surface area contributed by atoms with Crippen molar-refractivity contribution in [3.63, 3.8) is 0 Å². The first-order valence-corrected chi connectivity index (χ1v) is 20.9. The molecule has 0 heterocycles. The van der Waals surface area contributed by atoms with E-state index in [0.29, 0.717) is 0 Å². The highest BCUT2D eigenvalue weighted by Crippen LogP contribution is 2.56. The summed E-state index contributed by atoms with van der Waals surface area (Å²) >= 11 is 3.50. The lowest BCUT2D eigenvalue weighted by Gasteiger charge is -2.15. The van der Waals surface area contributed by atoms with Crippen LogP contribution >= 0.6 is 23.5 Å². The predicted molar refractivity (Wildman–Crippen MR) is 236 cm³/mol. The van der Waals surface area contributed by atoms with Crippen LogP contribution < -0.4 is 0 Å². The van der Waals surface area contributed by atoms with Crippen LogP contribution in [0, 0.1) is 65.2 Å². The number of thioether (sulfide) groups is 2. The van der Waals surface area contributed by atoms with Crippen LogP contribution in [0.4, 0.5) is 0 Å². The van der Waals surface area contributed by atoms with Gasteiger partial charge in [0, 0.05) is 43.2 Å². The molecule has 0 saturated heterocycles. The topological polar surface area (TPSA) is 0 Å². The van der Waals surface area contributed by atoms with Crippen molar-refractivity contribution < 1.29 is 0 Å². The van der Waals surface area contributed by atoms with Crippen molar-refractivity contribution >= 4 is 45.8 Å². The number of rotatable bonds is 4. The van der Waals surface area contributed by atoms with Crippen molar-refractivity contribution in [1.29, 1.82) is 0 Å². The summed E-state index contributed by atoms with van der Waals surface area (Å²) in [6.45, 7) is 13.2. The Hall–Kier alpha value is -5.38. The summed E-state index contributed by atoms with van der Waals surface area (Å²) in [5.74, 6) is 14.6. The van der Waals surface area contributed by atoms with Gasteiger partial charge in [0.15, 0.2) is 0 Å². The van der Waals surface area contributed by atoms with Gasteiger partial charge in [-0.15, -0.1) is 23.5 Å². The fourth-order valence-corrected chi connectivity index (χ4v) is 9.27. The summed E-state index contributed by atoms with van der Waals surface area (Å²) < 4.78 is 0. The van der Waals surface area contributed by atoms with Crippen LogP contribution in [0.2, 0.25) is 0 Å². The molecule has 6 aromatic carbocycles. The number of aryl methyl sites for hydroxylation is 6. The molecule has 0 atom stereocenters. The second-order valence-electron chi connectivity index (χ2n) is 14.5. The van der Waals surface area contributed by atoms with Gasteiger partial charge in [-0.2, -0.15) is 0 Å². The zero-order chi connectivity index (χ0) is 37.7. The molecular formula is C52H42S2. The Labute approximate surface area is 329 Å². The van der Waals surface area contributed by atoms with Gasteiger partial charge in [0.1, 0.15) is 0 Å². The number of fused-ring (bicyclic) bond motifs is 5. The Morgan fingerprint density at radius 3 is 1.06 bits per heavy atom. The quantitative estimate of drug-likeness (QED) is 0.131. The van der Waals surface area contributed by atoms with Crippen LogP contribution in [-0.4, -0.2) is 12.5 Å². The Kier molecular flexibility index (Phi) is 9.54. The van der Waals surface area contributed by atoms with Gasteiger partial charge in [-0.1, -0.05) is 83.3 Å². The standard InChI is InChI=1S/C52H42S2/c1-31-25-33(3)49(34(4)26-31)39-15-23-45-47(29-39)43(21-13-37-9-17-41(53-7)18-10-37)51-46-24-16-40(50-35(5)27-32(2)28-36(50)6)30-48(46)44(52(45)51)22-14-38-11-19-42(54-8)20-12-38/h9-12,15-20,23-30H,1-8H3. The molecule has 2 aliphatic rings. The number of allylic oxidation sites excluding steroid dienone is 4. The zero-order valence-corrected chi connectivity index (χ0v) is 33.8. The molecule has 0 aromatic heterocycles. The zero-order valence-electron chi connectivity index (χ0n) is 32.2. The van der Waals surface area contributed by atoms with Crippen molar-refractivity contribution in [2.45, 2.75) is 51.3 Å². The molecule has 54 heavy (non-hydrogen) atoms. The smallest absolute Gasteiger partial charge is 0.0413 e. The SMILES string of the molecule is CSc1ccc(C#CC2=C3C(=C(C#Cc4ccc(SC)cc4)c4cc(-c5c(C)cc(C)cc5C)ccc43)c3ccc(-c4c(C)cc(C)cc4C)cc32)cc1. The lowest BCUT2D eigenvalue weighted by Crippen LogP contribution is -1.94. The highest BCUT2D eigenvalue weighted by molar-refractivity contribution is 7.98. The molecule has 2 aliphatic carbocycles. The van der Waals surface area contributed by atoms with E-state index in [-0.39, 0.29) is 0 Å². The van der Waals surface area contributed by atoms with Crippen molar-refractivity contribution in [2.24, 2.45) is 0 Å². The second kappa shape index (κ2) is 14.5. The van der Waals surface area contributed by atoms with Gasteiger partial charge >= 0.3 is 0 Å². The van der Waals surface area contributed by atoms with E-state index >= 15 is 0 Å². The Balaban J connectivity index is 1.40. The molecule has 0 saturated carbocycles. The third kappa shape index (κ3) is 6.45. The molecule has 0 unspecified atom stereocenters. The first-order valence-electron chi connectivity index (χ1n) is 18.4. The second-order valence-corrected chi connectivity index (χ2v) is 16.3. The van der Waals surface area contributed by atoms with Crippen LogP contribution in [0.5, 0.6) is 0 Å². The first-order chi connectivity index (χ1) is 26.1. The predicted octanol–water partition coefficient (Wildman–Crippen LogP) is 13.6. The van der Waals surface area contributed by atoms with Crippen molar-refractivity contribution in [3.8, 4) is 45.9 Å². The molecule has 0 fully saturated rings. The molecule has 0 N–H and O–H groups in total. The van der Waals surface area contributed by atoms with Crippen molar-refractivity contribution in [3.05, 3.63) is 176 Å². The van der Waals surface area contributed by atoms with E-state index < -0.39 is 0 Å². The van der Waals surface area contributed by atoms with E-state index in [1.165, 1.54) is 98.8 Å². The summed E-state index contributed by atoms with van der Waals surface area (Å²) in [5.41, 5.74) is 24.0. The van der Waals surface area contributed by atoms with Crippen LogP contribution in [0.15, 0.2) is 119 Å². The first kappa shape index (κ1) is 35.6. The van der Waals surface area contributed by atoms with Gasteiger partial charge in [-0.25, -0.2) is 0 Å². The van der Waals surface area contributed by atoms with E-state index in [2.05, 4.69) is 187 Å². The summed E-state index contributed by atoms with van der Waals surface area (Å²) in [4.78, 5) is 2.47. The van der Waals surface area contributed by atoms with E-state index in [1.807, 2.05) is 0 Å². The Morgan fingerprint density at radius 1 is 0.370 bits per heavy atom. The summed E-state index contributed by atoms with van der Waals surface area (Å²) in [7, 11) is 0.